The molecule has 0 atom stereocenters. The zero-order chi connectivity index (χ0) is 14.0. The number of rotatable bonds is 2. The van der Waals surface area contributed by atoms with E-state index in [0.29, 0.717) is 13.0 Å². The molecule has 8 heteroatoms. The first kappa shape index (κ1) is 13.8. The minimum Gasteiger partial charge on any atom is -0.398 e. The number of nitrogens with zero attached hydrogens (tertiary/aromatic N) is 1. The molecule has 104 valence electrons. The summed E-state index contributed by atoms with van der Waals surface area (Å²) in [5.41, 5.74) is 5.55. The van der Waals surface area contributed by atoms with Crippen molar-refractivity contribution in [3.63, 3.8) is 0 Å². The highest BCUT2D eigenvalue weighted by Gasteiger charge is 2.29. The molecule has 1 saturated heterocycles. The van der Waals surface area contributed by atoms with Gasteiger partial charge in [0.15, 0.2) is 0 Å². The van der Waals surface area contributed by atoms with Crippen molar-refractivity contribution in [3.05, 3.63) is 24.0 Å². The van der Waals surface area contributed by atoms with Gasteiger partial charge in [-0.3, -0.25) is 4.79 Å². The van der Waals surface area contributed by atoms with Gasteiger partial charge in [0, 0.05) is 13.1 Å². The number of nitrogen functional groups attached to an aromatic ring is 1. The summed E-state index contributed by atoms with van der Waals surface area (Å²) < 4.78 is 38.9. The Hall–Kier alpha value is -1.67. The van der Waals surface area contributed by atoms with E-state index in [4.69, 9.17) is 5.73 Å². The van der Waals surface area contributed by atoms with E-state index >= 15 is 0 Å². The lowest BCUT2D eigenvalue weighted by Gasteiger charge is -2.19. The van der Waals surface area contributed by atoms with E-state index in [2.05, 4.69) is 5.32 Å². The van der Waals surface area contributed by atoms with Crippen LogP contribution in [-0.4, -0.2) is 38.3 Å². The summed E-state index contributed by atoms with van der Waals surface area (Å²) in [6.45, 7) is 0.332. The minimum atomic E-state index is -3.96. The summed E-state index contributed by atoms with van der Waals surface area (Å²) in [6.07, 6.45) is 0.500. The number of halogens is 1. The number of carbonyl (C=O) groups excluding carboxylic acids is 1. The van der Waals surface area contributed by atoms with Crippen LogP contribution in [0.3, 0.4) is 0 Å². The van der Waals surface area contributed by atoms with Crippen LogP contribution in [0.1, 0.15) is 6.42 Å². The third-order valence-electron chi connectivity index (χ3n) is 2.82. The van der Waals surface area contributed by atoms with Crippen LogP contribution in [0.15, 0.2) is 23.1 Å². The lowest BCUT2D eigenvalue weighted by atomic mass is 10.3. The standard InChI is InChI=1S/C11H14FN3O3S/c12-8-2-3-9(13)10(6-8)19(17,18)15-5-1-4-14-11(16)7-15/h2-3,6H,1,4-5,7,13H2,(H,14,16). The maximum atomic E-state index is 13.2. The monoisotopic (exact) mass is 287 g/mol. The number of hydrogen-bond acceptors (Lipinski definition) is 4. The van der Waals surface area contributed by atoms with Gasteiger partial charge in [0.2, 0.25) is 15.9 Å². The average Bonchev–Trinajstić information content (AvgIpc) is 2.57. The van der Waals surface area contributed by atoms with Crippen molar-refractivity contribution in [3.8, 4) is 0 Å². The molecule has 6 nitrogen and oxygen atoms in total. The highest BCUT2D eigenvalue weighted by molar-refractivity contribution is 7.89. The van der Waals surface area contributed by atoms with Crippen LogP contribution in [0.2, 0.25) is 0 Å². The second-order valence-corrected chi connectivity index (χ2v) is 6.13. The molecule has 19 heavy (non-hydrogen) atoms. The Morgan fingerprint density at radius 3 is 2.84 bits per heavy atom. The fourth-order valence-corrected chi connectivity index (χ4v) is 3.42. The zero-order valence-corrected chi connectivity index (χ0v) is 10.9. The fraction of sp³-hybridized carbons (Fsp3) is 0.364. The van der Waals surface area contributed by atoms with Gasteiger partial charge >= 0.3 is 0 Å². The Kier molecular flexibility index (Phi) is 3.72. The first-order chi connectivity index (χ1) is 8.91. The number of anilines is 1. The highest BCUT2D eigenvalue weighted by Crippen LogP contribution is 2.23. The molecule has 2 rings (SSSR count). The third kappa shape index (κ3) is 2.85. The van der Waals surface area contributed by atoms with E-state index in [1.807, 2.05) is 0 Å². The molecule has 0 bridgehead atoms. The highest BCUT2D eigenvalue weighted by atomic mass is 32.2. The summed E-state index contributed by atoms with van der Waals surface area (Å²) in [5, 5.41) is 2.57. The molecule has 1 heterocycles. The molecule has 0 spiro atoms. The summed E-state index contributed by atoms with van der Waals surface area (Å²) >= 11 is 0. The maximum absolute atomic E-state index is 13.2. The van der Waals surface area contributed by atoms with Crippen molar-refractivity contribution in [1.82, 2.24) is 9.62 Å². The Bertz CT molecular complexity index is 603. The van der Waals surface area contributed by atoms with Crippen LogP contribution >= 0.6 is 0 Å². The fourth-order valence-electron chi connectivity index (χ4n) is 1.85. The van der Waals surface area contributed by atoms with Crippen LogP contribution < -0.4 is 11.1 Å². The Balaban J connectivity index is 2.40. The molecule has 1 amide bonds. The van der Waals surface area contributed by atoms with E-state index in [-0.39, 0.29) is 29.6 Å². The molecule has 1 aliphatic rings. The predicted molar refractivity (Wildman–Crippen MR) is 67.2 cm³/mol. The quantitative estimate of drug-likeness (QED) is 0.744. The second-order valence-electron chi connectivity index (χ2n) is 4.22. The van der Waals surface area contributed by atoms with Crippen LogP contribution in [-0.2, 0) is 14.8 Å². The Morgan fingerprint density at radius 2 is 2.11 bits per heavy atom. The molecule has 1 fully saturated rings. The lowest BCUT2D eigenvalue weighted by Crippen LogP contribution is -2.37. The van der Waals surface area contributed by atoms with Crippen LogP contribution in [0.25, 0.3) is 0 Å². The van der Waals surface area contributed by atoms with Crippen molar-refractivity contribution in [2.75, 3.05) is 25.4 Å². The predicted octanol–water partition coefficient (Wildman–Crippen LogP) is -0.0815. The molecular formula is C11H14FN3O3S. The van der Waals surface area contributed by atoms with E-state index < -0.39 is 15.8 Å². The topological polar surface area (TPSA) is 92.5 Å². The van der Waals surface area contributed by atoms with Gasteiger partial charge < -0.3 is 11.1 Å². The Labute approximate surface area is 110 Å². The van der Waals surface area contributed by atoms with Gasteiger partial charge in [-0.15, -0.1) is 0 Å². The summed E-state index contributed by atoms with van der Waals surface area (Å²) in [7, 11) is -3.96. The number of hydrogen-bond donors (Lipinski definition) is 2. The zero-order valence-electron chi connectivity index (χ0n) is 10.1. The number of amides is 1. The first-order valence-corrected chi connectivity index (χ1v) is 7.17. The van der Waals surface area contributed by atoms with Gasteiger partial charge in [-0.25, -0.2) is 12.8 Å². The van der Waals surface area contributed by atoms with Crippen molar-refractivity contribution >= 4 is 21.6 Å². The van der Waals surface area contributed by atoms with E-state index in [0.717, 1.165) is 16.4 Å². The number of benzene rings is 1. The van der Waals surface area contributed by atoms with Crippen molar-refractivity contribution in [1.29, 1.82) is 0 Å². The molecule has 1 aromatic rings. The molecule has 0 aromatic heterocycles. The number of sulfonamides is 1. The van der Waals surface area contributed by atoms with Crippen molar-refractivity contribution < 1.29 is 17.6 Å². The minimum absolute atomic E-state index is 0.0361. The molecule has 0 unspecified atom stereocenters. The summed E-state index contributed by atoms with van der Waals surface area (Å²) in [4.78, 5) is 11.1. The number of nitrogens with two attached hydrogens (primary N) is 1. The molecule has 0 saturated carbocycles. The molecule has 1 aromatic carbocycles. The average molecular weight is 287 g/mol. The van der Waals surface area contributed by atoms with Gasteiger partial charge in [0.25, 0.3) is 0 Å². The molecular weight excluding hydrogens is 273 g/mol. The normalized spacial score (nSPS) is 17.8. The van der Waals surface area contributed by atoms with Crippen molar-refractivity contribution in [2.24, 2.45) is 0 Å². The van der Waals surface area contributed by atoms with E-state index in [1.165, 1.54) is 6.07 Å². The van der Waals surface area contributed by atoms with Gasteiger partial charge in [0.1, 0.15) is 10.7 Å². The van der Waals surface area contributed by atoms with Crippen molar-refractivity contribution in [2.45, 2.75) is 11.3 Å². The Morgan fingerprint density at radius 1 is 1.37 bits per heavy atom. The molecule has 0 aliphatic carbocycles. The third-order valence-corrected chi connectivity index (χ3v) is 4.72. The van der Waals surface area contributed by atoms with Crippen LogP contribution in [0.4, 0.5) is 10.1 Å². The van der Waals surface area contributed by atoms with Crippen LogP contribution in [0.5, 0.6) is 0 Å². The van der Waals surface area contributed by atoms with Gasteiger partial charge in [-0.05, 0) is 24.6 Å². The summed E-state index contributed by atoms with van der Waals surface area (Å²) in [5.74, 6) is -1.07. The van der Waals surface area contributed by atoms with Crippen LogP contribution in [0, 0.1) is 5.82 Å². The SMILES string of the molecule is Nc1ccc(F)cc1S(=O)(=O)N1CCCNC(=O)C1. The molecule has 0 radical (unpaired) electrons. The van der Waals surface area contributed by atoms with E-state index in [9.17, 15) is 17.6 Å². The van der Waals surface area contributed by atoms with E-state index in [1.54, 1.807) is 0 Å². The maximum Gasteiger partial charge on any atom is 0.245 e. The number of nitrogens with one attached hydrogen (secondary N) is 1. The molecule has 3 N–H and O–H groups in total. The first-order valence-electron chi connectivity index (χ1n) is 5.73. The summed E-state index contributed by atoms with van der Waals surface area (Å²) in [6, 6.07) is 3.15. The second kappa shape index (κ2) is 5.14. The van der Waals surface area contributed by atoms with Gasteiger partial charge in [-0.2, -0.15) is 4.31 Å². The van der Waals surface area contributed by atoms with Gasteiger partial charge in [-0.1, -0.05) is 0 Å². The molecule has 1 aliphatic heterocycles. The number of carbonyl (C=O) groups is 1. The smallest absolute Gasteiger partial charge is 0.245 e. The lowest BCUT2D eigenvalue weighted by molar-refractivity contribution is -0.120. The van der Waals surface area contributed by atoms with Gasteiger partial charge in [0.05, 0.1) is 12.2 Å². The largest absolute Gasteiger partial charge is 0.398 e.